The minimum atomic E-state index is -0.833. The number of amides is 2. The number of anilines is 2. The summed E-state index contributed by atoms with van der Waals surface area (Å²) in [5, 5.41) is 7.03. The summed E-state index contributed by atoms with van der Waals surface area (Å²) < 4.78 is 1.16. The Hall–Kier alpha value is -3.74. The molecule has 0 aliphatic carbocycles. The Balaban J connectivity index is 1.76. The maximum Gasteiger partial charge on any atom is 0.291 e. The van der Waals surface area contributed by atoms with E-state index in [4.69, 9.17) is 0 Å². The van der Waals surface area contributed by atoms with Gasteiger partial charge in [0.15, 0.2) is 0 Å². The van der Waals surface area contributed by atoms with E-state index in [1.807, 2.05) is 54.6 Å². The van der Waals surface area contributed by atoms with Crippen molar-refractivity contribution in [1.29, 1.82) is 0 Å². The van der Waals surface area contributed by atoms with Gasteiger partial charge in [0, 0.05) is 24.7 Å². The van der Waals surface area contributed by atoms with Crippen LogP contribution in [0.4, 0.5) is 11.4 Å². The van der Waals surface area contributed by atoms with E-state index in [0.717, 1.165) is 27.9 Å². The van der Waals surface area contributed by atoms with E-state index in [-0.39, 0.29) is 17.5 Å². The summed E-state index contributed by atoms with van der Waals surface area (Å²) in [6.07, 6.45) is 0.776. The van der Waals surface area contributed by atoms with Crippen molar-refractivity contribution in [1.82, 2.24) is 9.78 Å². The molecule has 3 aromatic rings. The number of rotatable bonds is 4. The smallest absolute Gasteiger partial charge is 0.291 e. The van der Waals surface area contributed by atoms with Gasteiger partial charge < -0.3 is 10.2 Å². The molecule has 0 saturated carbocycles. The molecular weight excluding hydrogens is 380 g/mol. The van der Waals surface area contributed by atoms with Gasteiger partial charge in [0.1, 0.15) is 11.7 Å². The lowest BCUT2D eigenvalue weighted by Crippen LogP contribution is -2.40. The summed E-state index contributed by atoms with van der Waals surface area (Å²) in [7, 11) is 0. The van der Waals surface area contributed by atoms with Crippen LogP contribution in [-0.2, 0) is 16.0 Å². The molecule has 1 aliphatic heterocycles. The highest BCUT2D eigenvalue weighted by Crippen LogP contribution is 2.29. The molecule has 0 radical (unpaired) electrons. The monoisotopic (exact) mass is 402 g/mol. The van der Waals surface area contributed by atoms with Gasteiger partial charge in [-0.15, -0.1) is 0 Å². The first-order valence-corrected chi connectivity index (χ1v) is 9.82. The zero-order valence-corrected chi connectivity index (χ0v) is 16.8. The minimum absolute atomic E-state index is 0.0952. The Morgan fingerprint density at radius 1 is 1.07 bits per heavy atom. The zero-order valence-electron chi connectivity index (χ0n) is 16.8. The third-order valence-corrected chi connectivity index (χ3v) is 5.19. The minimum Gasteiger partial charge on any atom is -0.322 e. The molecule has 2 amide bonds. The molecule has 152 valence electrons. The van der Waals surface area contributed by atoms with Gasteiger partial charge in [-0.25, -0.2) is 4.68 Å². The number of para-hydroxylation sites is 1. The molecule has 1 N–H and O–H groups in total. The van der Waals surface area contributed by atoms with Crippen LogP contribution in [0.1, 0.15) is 25.5 Å². The second-order valence-corrected chi connectivity index (χ2v) is 7.28. The highest BCUT2D eigenvalue weighted by molar-refractivity contribution is 5.98. The van der Waals surface area contributed by atoms with E-state index >= 15 is 0 Å². The summed E-state index contributed by atoms with van der Waals surface area (Å²) in [5.41, 5.74) is 2.83. The Morgan fingerprint density at radius 2 is 1.77 bits per heavy atom. The summed E-state index contributed by atoms with van der Waals surface area (Å²) >= 11 is 0. The maximum atomic E-state index is 13.3. The lowest BCUT2D eigenvalue weighted by atomic mass is 10.1. The van der Waals surface area contributed by atoms with Crippen molar-refractivity contribution in [3.63, 3.8) is 0 Å². The molecular formula is C23H22N4O3. The molecule has 4 rings (SSSR count). The van der Waals surface area contributed by atoms with Crippen molar-refractivity contribution >= 4 is 23.2 Å². The molecule has 30 heavy (non-hydrogen) atoms. The van der Waals surface area contributed by atoms with Crippen LogP contribution in [0.3, 0.4) is 0 Å². The molecule has 0 spiro atoms. The predicted octanol–water partition coefficient (Wildman–Crippen LogP) is 3.02. The Morgan fingerprint density at radius 3 is 2.50 bits per heavy atom. The van der Waals surface area contributed by atoms with Crippen LogP contribution in [0.25, 0.3) is 11.3 Å². The molecule has 0 bridgehead atoms. The standard InChI is InChI=1S/C23H22N4O3/c1-15(22(29)26-13-12-18-10-6-7-11-21(18)26)27-23(30)20(24-16(2)28)14-19(25-27)17-8-4-3-5-9-17/h3-11,14-15H,12-13H2,1-2H3,(H,24,28)/t15-/m1/s1. The van der Waals surface area contributed by atoms with Gasteiger partial charge in [0.05, 0.1) is 5.69 Å². The van der Waals surface area contributed by atoms with E-state index in [2.05, 4.69) is 10.4 Å². The molecule has 1 atom stereocenters. The maximum absolute atomic E-state index is 13.3. The second kappa shape index (κ2) is 7.94. The Labute approximate surface area is 174 Å². The number of fused-ring (bicyclic) bond motifs is 1. The van der Waals surface area contributed by atoms with Crippen molar-refractivity contribution in [2.75, 3.05) is 16.8 Å². The van der Waals surface area contributed by atoms with Crippen LogP contribution in [0.2, 0.25) is 0 Å². The third kappa shape index (κ3) is 3.61. The number of nitrogens with one attached hydrogen (secondary N) is 1. The van der Waals surface area contributed by atoms with Crippen LogP contribution in [0.15, 0.2) is 65.5 Å². The average Bonchev–Trinajstić information content (AvgIpc) is 3.18. The van der Waals surface area contributed by atoms with E-state index in [0.29, 0.717) is 12.2 Å². The first kappa shape index (κ1) is 19.6. The molecule has 1 aliphatic rings. The zero-order chi connectivity index (χ0) is 21.3. The van der Waals surface area contributed by atoms with E-state index in [1.54, 1.807) is 11.8 Å². The molecule has 1 aromatic heterocycles. The van der Waals surface area contributed by atoms with Gasteiger partial charge in [-0.05, 0) is 31.0 Å². The van der Waals surface area contributed by atoms with E-state index < -0.39 is 11.6 Å². The van der Waals surface area contributed by atoms with Crippen molar-refractivity contribution in [2.45, 2.75) is 26.3 Å². The normalized spacial score (nSPS) is 13.6. The first-order chi connectivity index (χ1) is 14.5. The summed E-state index contributed by atoms with van der Waals surface area (Å²) in [4.78, 5) is 39.6. The number of nitrogens with zero attached hydrogens (tertiary/aromatic N) is 3. The molecule has 0 fully saturated rings. The van der Waals surface area contributed by atoms with Gasteiger partial charge in [-0.3, -0.25) is 14.4 Å². The first-order valence-electron chi connectivity index (χ1n) is 9.82. The van der Waals surface area contributed by atoms with E-state index in [1.165, 1.54) is 13.0 Å². The van der Waals surface area contributed by atoms with Gasteiger partial charge in [0.2, 0.25) is 5.91 Å². The molecule has 7 heteroatoms. The highest BCUT2D eigenvalue weighted by Gasteiger charge is 2.30. The summed E-state index contributed by atoms with van der Waals surface area (Å²) in [6, 6.07) is 17.8. The fourth-order valence-corrected chi connectivity index (χ4v) is 3.70. The van der Waals surface area contributed by atoms with Gasteiger partial charge in [-0.1, -0.05) is 48.5 Å². The molecule has 0 unspecified atom stereocenters. The lowest BCUT2D eigenvalue weighted by Gasteiger charge is -2.23. The Kier molecular flexibility index (Phi) is 5.18. The van der Waals surface area contributed by atoms with Crippen LogP contribution < -0.4 is 15.8 Å². The van der Waals surface area contributed by atoms with Crippen LogP contribution in [0, 0.1) is 0 Å². The number of hydrogen-bond donors (Lipinski definition) is 1. The largest absolute Gasteiger partial charge is 0.322 e. The molecule has 7 nitrogen and oxygen atoms in total. The quantitative estimate of drug-likeness (QED) is 0.727. The number of benzene rings is 2. The number of hydrogen-bond acceptors (Lipinski definition) is 4. The highest BCUT2D eigenvalue weighted by atomic mass is 16.2. The van der Waals surface area contributed by atoms with Crippen molar-refractivity contribution < 1.29 is 9.59 Å². The summed E-state index contributed by atoms with van der Waals surface area (Å²) in [5.74, 6) is -0.579. The van der Waals surface area contributed by atoms with Crippen molar-refractivity contribution in [3.05, 3.63) is 76.6 Å². The Bertz CT molecular complexity index is 1170. The third-order valence-electron chi connectivity index (χ3n) is 5.19. The summed E-state index contributed by atoms with van der Waals surface area (Å²) in [6.45, 7) is 3.56. The lowest BCUT2D eigenvalue weighted by molar-refractivity contribution is -0.121. The second-order valence-electron chi connectivity index (χ2n) is 7.28. The molecule has 0 saturated heterocycles. The van der Waals surface area contributed by atoms with Crippen LogP contribution in [-0.4, -0.2) is 28.1 Å². The van der Waals surface area contributed by atoms with E-state index in [9.17, 15) is 14.4 Å². The molecule has 2 aromatic carbocycles. The van der Waals surface area contributed by atoms with Crippen molar-refractivity contribution in [2.24, 2.45) is 0 Å². The fourth-order valence-electron chi connectivity index (χ4n) is 3.70. The number of aromatic nitrogens is 2. The van der Waals surface area contributed by atoms with Gasteiger partial charge >= 0.3 is 0 Å². The SMILES string of the molecule is CC(=O)Nc1cc(-c2ccccc2)nn([C@H](C)C(=O)N2CCc3ccccc32)c1=O. The predicted molar refractivity (Wildman–Crippen MR) is 115 cm³/mol. The van der Waals surface area contributed by atoms with Crippen LogP contribution >= 0.6 is 0 Å². The van der Waals surface area contributed by atoms with Gasteiger partial charge in [-0.2, -0.15) is 5.10 Å². The van der Waals surface area contributed by atoms with Crippen LogP contribution in [0.5, 0.6) is 0 Å². The average molecular weight is 402 g/mol. The van der Waals surface area contributed by atoms with Gasteiger partial charge in [0.25, 0.3) is 11.5 Å². The molecule has 2 heterocycles. The number of carbonyl (C=O) groups is 2. The van der Waals surface area contributed by atoms with Crippen molar-refractivity contribution in [3.8, 4) is 11.3 Å². The number of carbonyl (C=O) groups excluding carboxylic acids is 2. The topological polar surface area (TPSA) is 84.3 Å². The fraction of sp³-hybridized carbons (Fsp3) is 0.217.